The lowest BCUT2D eigenvalue weighted by Crippen LogP contribution is -2.16. The van der Waals surface area contributed by atoms with Crippen molar-refractivity contribution in [2.24, 2.45) is 11.8 Å². The van der Waals surface area contributed by atoms with Gasteiger partial charge in [0.25, 0.3) is 0 Å². The van der Waals surface area contributed by atoms with Gasteiger partial charge in [0.2, 0.25) is 0 Å². The van der Waals surface area contributed by atoms with Gasteiger partial charge in [-0.25, -0.2) is 0 Å². The number of hydrogen-bond acceptors (Lipinski definition) is 3. The number of nitrogen functional groups attached to an aromatic ring is 1. The molecule has 0 aliphatic heterocycles. The maximum Gasteiger partial charge on any atom is 0.144 e. The Morgan fingerprint density at radius 3 is 2.86 bits per heavy atom. The third-order valence-corrected chi connectivity index (χ3v) is 4.30. The van der Waals surface area contributed by atoms with E-state index in [4.69, 9.17) is 10.5 Å². The van der Waals surface area contributed by atoms with Crippen LogP contribution in [0.3, 0.4) is 0 Å². The largest absolute Gasteiger partial charge is 0.489 e. The first-order chi connectivity index (χ1) is 10.0. The first kappa shape index (κ1) is 16.0. The molecule has 0 saturated heterocycles. The molecular formula is C18H30N2O. The molecular weight excluding hydrogens is 260 g/mol. The van der Waals surface area contributed by atoms with Gasteiger partial charge in [-0.1, -0.05) is 26.2 Å². The molecule has 1 aliphatic rings. The fourth-order valence-corrected chi connectivity index (χ4v) is 3.24. The van der Waals surface area contributed by atoms with Crippen LogP contribution in [-0.2, 0) is 0 Å². The molecule has 0 heterocycles. The molecule has 21 heavy (non-hydrogen) atoms. The van der Waals surface area contributed by atoms with Gasteiger partial charge in [0.15, 0.2) is 0 Å². The predicted molar refractivity (Wildman–Crippen MR) is 90.8 cm³/mol. The Labute approximate surface area is 129 Å². The number of benzene rings is 1. The average Bonchev–Trinajstić information content (AvgIpc) is 2.42. The summed E-state index contributed by atoms with van der Waals surface area (Å²) in [6, 6.07) is 5.97. The van der Waals surface area contributed by atoms with Crippen LogP contribution in [0.25, 0.3) is 0 Å². The molecule has 1 aliphatic carbocycles. The van der Waals surface area contributed by atoms with Gasteiger partial charge in [0.1, 0.15) is 5.75 Å². The zero-order chi connectivity index (χ0) is 15.2. The molecule has 0 radical (unpaired) electrons. The van der Waals surface area contributed by atoms with E-state index in [-0.39, 0.29) is 6.10 Å². The summed E-state index contributed by atoms with van der Waals surface area (Å²) < 4.78 is 5.73. The van der Waals surface area contributed by atoms with E-state index in [2.05, 4.69) is 12.2 Å². The van der Waals surface area contributed by atoms with E-state index >= 15 is 0 Å². The summed E-state index contributed by atoms with van der Waals surface area (Å²) in [7, 11) is 0. The van der Waals surface area contributed by atoms with E-state index in [0.29, 0.717) is 5.69 Å². The van der Waals surface area contributed by atoms with Gasteiger partial charge < -0.3 is 15.8 Å². The Hall–Kier alpha value is -1.38. The molecule has 2 rings (SSSR count). The average molecular weight is 290 g/mol. The highest BCUT2D eigenvalue weighted by Gasteiger charge is 2.18. The molecule has 118 valence electrons. The Balaban J connectivity index is 1.82. The van der Waals surface area contributed by atoms with Crippen LogP contribution in [0.15, 0.2) is 18.2 Å². The van der Waals surface area contributed by atoms with Crippen LogP contribution in [-0.4, -0.2) is 12.6 Å². The van der Waals surface area contributed by atoms with Crippen molar-refractivity contribution in [2.45, 2.75) is 59.0 Å². The third kappa shape index (κ3) is 5.14. The fraction of sp³-hybridized carbons (Fsp3) is 0.667. The van der Waals surface area contributed by atoms with Crippen molar-refractivity contribution in [3.63, 3.8) is 0 Å². The van der Waals surface area contributed by atoms with Gasteiger partial charge in [-0.05, 0) is 50.7 Å². The molecule has 2 unspecified atom stereocenters. The monoisotopic (exact) mass is 290 g/mol. The number of nitrogens with one attached hydrogen (secondary N) is 1. The van der Waals surface area contributed by atoms with E-state index in [1.165, 1.54) is 32.1 Å². The molecule has 1 aromatic carbocycles. The van der Waals surface area contributed by atoms with Crippen LogP contribution in [0.5, 0.6) is 5.75 Å². The molecule has 0 amide bonds. The second kappa shape index (κ2) is 7.58. The van der Waals surface area contributed by atoms with E-state index < -0.39 is 0 Å². The SMILES string of the molecule is CC1CCCC(CCNc2ccc(N)c(OC(C)C)c2)C1. The van der Waals surface area contributed by atoms with Crippen LogP contribution >= 0.6 is 0 Å². The summed E-state index contributed by atoms with van der Waals surface area (Å²) >= 11 is 0. The van der Waals surface area contributed by atoms with Crippen molar-refractivity contribution in [3.8, 4) is 5.75 Å². The number of anilines is 2. The summed E-state index contributed by atoms with van der Waals surface area (Å²) in [6.45, 7) is 7.45. The summed E-state index contributed by atoms with van der Waals surface area (Å²) in [5.41, 5.74) is 7.75. The van der Waals surface area contributed by atoms with Crippen molar-refractivity contribution >= 4 is 11.4 Å². The minimum Gasteiger partial charge on any atom is -0.489 e. The van der Waals surface area contributed by atoms with Gasteiger partial charge in [-0.2, -0.15) is 0 Å². The lowest BCUT2D eigenvalue weighted by atomic mass is 9.81. The minimum absolute atomic E-state index is 0.145. The van der Waals surface area contributed by atoms with Crippen molar-refractivity contribution in [2.75, 3.05) is 17.6 Å². The van der Waals surface area contributed by atoms with E-state index in [0.717, 1.165) is 29.8 Å². The highest BCUT2D eigenvalue weighted by Crippen LogP contribution is 2.31. The van der Waals surface area contributed by atoms with E-state index in [1.807, 2.05) is 32.0 Å². The van der Waals surface area contributed by atoms with Crippen molar-refractivity contribution < 1.29 is 4.74 Å². The Bertz CT molecular complexity index is 445. The van der Waals surface area contributed by atoms with E-state index in [1.54, 1.807) is 0 Å². The summed E-state index contributed by atoms with van der Waals surface area (Å²) in [5, 5.41) is 3.51. The van der Waals surface area contributed by atoms with Crippen LogP contribution in [0.4, 0.5) is 11.4 Å². The highest BCUT2D eigenvalue weighted by atomic mass is 16.5. The minimum atomic E-state index is 0.145. The zero-order valence-corrected chi connectivity index (χ0v) is 13.7. The molecule has 3 N–H and O–H groups in total. The molecule has 1 saturated carbocycles. The number of rotatable bonds is 6. The molecule has 3 nitrogen and oxygen atoms in total. The summed E-state index contributed by atoms with van der Waals surface area (Å²) in [4.78, 5) is 0. The standard InChI is InChI=1S/C18H30N2O/c1-13(2)21-18-12-16(7-8-17(18)19)20-10-9-15-6-4-5-14(3)11-15/h7-8,12-15,20H,4-6,9-11,19H2,1-3H3. The first-order valence-electron chi connectivity index (χ1n) is 8.34. The Morgan fingerprint density at radius 1 is 1.33 bits per heavy atom. The van der Waals surface area contributed by atoms with Crippen LogP contribution in [0, 0.1) is 11.8 Å². The van der Waals surface area contributed by atoms with Crippen LogP contribution < -0.4 is 15.8 Å². The number of nitrogens with two attached hydrogens (primary N) is 1. The second-order valence-electron chi connectivity index (χ2n) is 6.77. The van der Waals surface area contributed by atoms with Gasteiger partial charge in [-0.15, -0.1) is 0 Å². The van der Waals surface area contributed by atoms with Gasteiger partial charge in [0, 0.05) is 18.3 Å². The quantitative estimate of drug-likeness (QED) is 0.747. The normalized spacial score (nSPS) is 22.3. The molecule has 3 heteroatoms. The van der Waals surface area contributed by atoms with Crippen LogP contribution in [0.2, 0.25) is 0 Å². The lowest BCUT2D eigenvalue weighted by Gasteiger charge is -2.26. The number of hydrogen-bond donors (Lipinski definition) is 2. The zero-order valence-electron chi connectivity index (χ0n) is 13.7. The topological polar surface area (TPSA) is 47.3 Å². The Kier molecular flexibility index (Phi) is 5.77. The molecule has 1 fully saturated rings. The molecule has 2 atom stereocenters. The Morgan fingerprint density at radius 2 is 2.14 bits per heavy atom. The van der Waals surface area contributed by atoms with Gasteiger partial charge in [-0.3, -0.25) is 0 Å². The molecule has 0 aromatic heterocycles. The highest BCUT2D eigenvalue weighted by molar-refractivity contribution is 5.61. The smallest absolute Gasteiger partial charge is 0.144 e. The van der Waals surface area contributed by atoms with Crippen molar-refractivity contribution in [3.05, 3.63) is 18.2 Å². The fourth-order valence-electron chi connectivity index (χ4n) is 3.24. The molecule has 0 spiro atoms. The summed E-state index contributed by atoms with van der Waals surface area (Å²) in [5.74, 6) is 2.58. The van der Waals surface area contributed by atoms with Gasteiger partial charge in [0.05, 0.1) is 11.8 Å². The molecule has 1 aromatic rings. The van der Waals surface area contributed by atoms with Gasteiger partial charge >= 0.3 is 0 Å². The van der Waals surface area contributed by atoms with Crippen LogP contribution in [0.1, 0.15) is 52.9 Å². The van der Waals surface area contributed by atoms with E-state index in [9.17, 15) is 0 Å². The van der Waals surface area contributed by atoms with Crippen molar-refractivity contribution in [1.29, 1.82) is 0 Å². The molecule has 0 bridgehead atoms. The third-order valence-electron chi connectivity index (χ3n) is 4.30. The number of ether oxygens (including phenoxy) is 1. The maximum atomic E-state index is 5.95. The lowest BCUT2D eigenvalue weighted by molar-refractivity contribution is 0.244. The summed E-state index contributed by atoms with van der Waals surface area (Å²) in [6.07, 6.45) is 7.01. The second-order valence-corrected chi connectivity index (χ2v) is 6.77. The maximum absolute atomic E-state index is 5.95. The first-order valence-corrected chi connectivity index (χ1v) is 8.34. The predicted octanol–water partition coefficient (Wildman–Crippen LogP) is 4.68. The van der Waals surface area contributed by atoms with Crippen molar-refractivity contribution in [1.82, 2.24) is 0 Å².